The summed E-state index contributed by atoms with van der Waals surface area (Å²) in [7, 11) is -3.90. The van der Waals surface area contributed by atoms with Gasteiger partial charge in [0.1, 0.15) is 10.5 Å². The molecule has 2 atom stereocenters. The fourth-order valence-corrected chi connectivity index (χ4v) is 6.48. The number of ether oxygens (including phenoxy) is 1. The molecule has 150 valence electrons. The lowest BCUT2D eigenvalue weighted by molar-refractivity contribution is 0.00812. The van der Waals surface area contributed by atoms with Gasteiger partial charge in [0.2, 0.25) is 0 Å². The highest BCUT2D eigenvalue weighted by Crippen LogP contribution is 2.44. The van der Waals surface area contributed by atoms with E-state index < -0.39 is 32.5 Å². The van der Waals surface area contributed by atoms with Gasteiger partial charge in [0, 0.05) is 12.1 Å². The van der Waals surface area contributed by atoms with Crippen molar-refractivity contribution in [1.29, 1.82) is 0 Å². The number of phenols is 1. The van der Waals surface area contributed by atoms with E-state index in [0.717, 1.165) is 12.8 Å². The van der Waals surface area contributed by atoms with E-state index in [9.17, 15) is 18.3 Å². The molecule has 0 aromatic heterocycles. The predicted octanol–water partition coefficient (Wildman–Crippen LogP) is 3.33. The average molecular weight is 417 g/mol. The van der Waals surface area contributed by atoms with Crippen molar-refractivity contribution in [3.05, 3.63) is 17.2 Å². The molecule has 27 heavy (non-hydrogen) atoms. The number of anilines is 1. The molecule has 0 aliphatic carbocycles. The van der Waals surface area contributed by atoms with Crippen LogP contribution in [0.25, 0.3) is 0 Å². The van der Waals surface area contributed by atoms with Gasteiger partial charge in [0.05, 0.1) is 16.0 Å². The molecule has 3 N–H and O–H groups in total. The molecule has 0 radical (unpaired) electrons. The number of phenolic OH excluding ortho intramolecular Hbond substituents is 1. The first-order valence-corrected chi connectivity index (χ1v) is 10.9. The minimum atomic E-state index is -3.90. The van der Waals surface area contributed by atoms with E-state index in [1.807, 2.05) is 0 Å². The van der Waals surface area contributed by atoms with Crippen LogP contribution in [0.15, 0.2) is 17.0 Å². The number of piperidine rings is 1. The van der Waals surface area contributed by atoms with Gasteiger partial charge in [0.15, 0.2) is 15.6 Å². The fraction of sp³-hybridized carbons (Fsp3) is 0.611. The van der Waals surface area contributed by atoms with E-state index >= 15 is 0 Å². The summed E-state index contributed by atoms with van der Waals surface area (Å²) in [5.41, 5.74) is 5.01. The number of hydrogen-bond donors (Lipinski definition) is 2. The van der Waals surface area contributed by atoms with Crippen molar-refractivity contribution in [3.8, 4) is 5.75 Å². The van der Waals surface area contributed by atoms with Crippen LogP contribution in [0.1, 0.15) is 46.5 Å². The largest absolute Gasteiger partial charge is 0.504 e. The lowest BCUT2D eigenvalue weighted by atomic mass is 10.0. The molecule has 2 unspecified atom stereocenters. The number of sulfone groups is 1. The number of benzene rings is 1. The Hall–Kier alpha value is -1.67. The van der Waals surface area contributed by atoms with Crippen LogP contribution >= 0.6 is 11.6 Å². The number of nitrogens with two attached hydrogens (primary N) is 1. The Morgan fingerprint density at radius 3 is 2.33 bits per heavy atom. The Bertz CT molecular complexity index is 851. The minimum Gasteiger partial charge on any atom is -0.504 e. The standard InChI is InChI=1S/C18H25ClN2O5S/c1-18(2,3)26-17(23)21-10-4-5-11(21)9-12(8-10)27(24,25)16-13(19)6-7-14(20)15(16)22/h6-7,10-12,22H,4-5,8-9,20H2,1-3H3. The summed E-state index contributed by atoms with van der Waals surface area (Å²) < 4.78 is 31.8. The molecule has 3 rings (SSSR count). The number of amides is 1. The predicted molar refractivity (Wildman–Crippen MR) is 103 cm³/mol. The van der Waals surface area contributed by atoms with Crippen molar-refractivity contribution in [2.45, 2.75) is 74.3 Å². The lowest BCUT2D eigenvalue weighted by Crippen LogP contribution is -2.51. The summed E-state index contributed by atoms with van der Waals surface area (Å²) in [6.45, 7) is 5.40. The highest BCUT2D eigenvalue weighted by Gasteiger charge is 2.49. The van der Waals surface area contributed by atoms with Gasteiger partial charge in [-0.3, -0.25) is 0 Å². The zero-order valence-electron chi connectivity index (χ0n) is 15.6. The van der Waals surface area contributed by atoms with Crippen LogP contribution in [-0.4, -0.2) is 47.5 Å². The third-order valence-corrected chi connectivity index (χ3v) is 7.80. The molecule has 9 heteroatoms. The van der Waals surface area contributed by atoms with Crippen molar-refractivity contribution in [2.24, 2.45) is 0 Å². The van der Waals surface area contributed by atoms with Gasteiger partial charge in [-0.25, -0.2) is 13.2 Å². The normalized spacial score (nSPS) is 25.5. The van der Waals surface area contributed by atoms with Gasteiger partial charge in [0.25, 0.3) is 0 Å². The minimum absolute atomic E-state index is 0.0351. The summed E-state index contributed by atoms with van der Waals surface area (Å²) in [5, 5.41) is 9.40. The molecule has 2 aliphatic heterocycles. The van der Waals surface area contributed by atoms with E-state index in [1.165, 1.54) is 12.1 Å². The first kappa shape index (κ1) is 20.1. The zero-order valence-corrected chi connectivity index (χ0v) is 17.2. The molecular formula is C18H25ClN2O5S. The van der Waals surface area contributed by atoms with Crippen LogP contribution in [0, 0.1) is 0 Å². The first-order valence-electron chi connectivity index (χ1n) is 8.94. The van der Waals surface area contributed by atoms with E-state index in [2.05, 4.69) is 0 Å². The quantitative estimate of drug-likeness (QED) is 0.565. The van der Waals surface area contributed by atoms with Crippen molar-refractivity contribution >= 4 is 33.2 Å². The summed E-state index contributed by atoms with van der Waals surface area (Å²) in [5.74, 6) is -0.510. The topological polar surface area (TPSA) is 110 Å². The van der Waals surface area contributed by atoms with Gasteiger partial charge in [-0.1, -0.05) is 11.6 Å². The molecule has 2 aliphatic rings. The van der Waals surface area contributed by atoms with Crippen LogP contribution in [0.4, 0.5) is 10.5 Å². The van der Waals surface area contributed by atoms with Crippen molar-refractivity contribution in [3.63, 3.8) is 0 Å². The summed E-state index contributed by atoms with van der Waals surface area (Å²) in [6.07, 6.45) is 1.61. The van der Waals surface area contributed by atoms with Crippen molar-refractivity contribution < 1.29 is 23.1 Å². The third kappa shape index (κ3) is 3.69. The van der Waals surface area contributed by atoms with E-state index in [4.69, 9.17) is 22.1 Å². The Balaban J connectivity index is 1.87. The smallest absolute Gasteiger partial charge is 0.410 e. The number of aromatic hydroxyl groups is 1. The highest BCUT2D eigenvalue weighted by atomic mass is 35.5. The molecule has 0 spiro atoms. The highest BCUT2D eigenvalue weighted by molar-refractivity contribution is 7.92. The monoisotopic (exact) mass is 416 g/mol. The lowest BCUT2D eigenvalue weighted by Gasteiger charge is -2.39. The number of fused-ring (bicyclic) bond motifs is 2. The van der Waals surface area contributed by atoms with Gasteiger partial charge >= 0.3 is 6.09 Å². The number of halogens is 1. The van der Waals surface area contributed by atoms with Crippen molar-refractivity contribution in [2.75, 3.05) is 5.73 Å². The van der Waals surface area contributed by atoms with Crippen LogP contribution in [0.2, 0.25) is 5.02 Å². The van der Waals surface area contributed by atoms with Crippen LogP contribution in [0.5, 0.6) is 5.75 Å². The van der Waals surface area contributed by atoms with Crippen LogP contribution in [0.3, 0.4) is 0 Å². The van der Waals surface area contributed by atoms with Crippen LogP contribution < -0.4 is 5.73 Å². The second kappa shape index (κ2) is 6.74. The fourth-order valence-electron chi connectivity index (χ4n) is 3.99. The van der Waals surface area contributed by atoms with Crippen LogP contribution in [-0.2, 0) is 14.6 Å². The molecule has 2 fully saturated rings. The summed E-state index contributed by atoms with van der Waals surface area (Å²) >= 11 is 6.07. The Morgan fingerprint density at radius 1 is 1.26 bits per heavy atom. The molecular weight excluding hydrogens is 392 g/mol. The molecule has 7 nitrogen and oxygen atoms in total. The maximum absolute atomic E-state index is 13.2. The Labute approximate surface area is 164 Å². The number of hydrogen-bond acceptors (Lipinski definition) is 6. The van der Waals surface area contributed by atoms with Gasteiger partial charge in [-0.2, -0.15) is 0 Å². The summed E-state index contributed by atoms with van der Waals surface area (Å²) in [4.78, 5) is 13.9. The van der Waals surface area contributed by atoms with Gasteiger partial charge in [-0.05, 0) is 58.6 Å². The van der Waals surface area contributed by atoms with E-state index in [-0.39, 0.29) is 40.5 Å². The number of nitrogens with zero attached hydrogens (tertiary/aromatic N) is 1. The Morgan fingerprint density at radius 2 is 1.81 bits per heavy atom. The van der Waals surface area contributed by atoms with Gasteiger partial charge < -0.3 is 20.5 Å². The maximum atomic E-state index is 13.2. The SMILES string of the molecule is CC(C)(C)OC(=O)N1C2CCC1CC(S(=O)(=O)c1c(Cl)ccc(N)c1O)C2. The molecule has 1 aromatic carbocycles. The zero-order chi connectivity index (χ0) is 20.1. The summed E-state index contributed by atoms with van der Waals surface area (Å²) in [6, 6.07) is 2.32. The number of carbonyl (C=O) groups is 1. The maximum Gasteiger partial charge on any atom is 0.410 e. The first-order chi connectivity index (χ1) is 12.4. The van der Waals surface area contributed by atoms with Gasteiger partial charge in [-0.15, -0.1) is 0 Å². The van der Waals surface area contributed by atoms with Crippen molar-refractivity contribution in [1.82, 2.24) is 4.90 Å². The molecule has 0 saturated carbocycles. The second-order valence-corrected chi connectivity index (χ2v) is 10.8. The average Bonchev–Trinajstić information content (AvgIpc) is 2.79. The van der Waals surface area contributed by atoms with E-state index in [0.29, 0.717) is 0 Å². The second-order valence-electron chi connectivity index (χ2n) is 8.23. The Kier molecular flexibility index (Phi) is 5.01. The molecule has 2 saturated heterocycles. The molecule has 1 amide bonds. The van der Waals surface area contributed by atoms with E-state index in [1.54, 1.807) is 25.7 Å². The molecule has 2 heterocycles. The number of rotatable bonds is 2. The number of nitrogen functional groups attached to an aromatic ring is 1. The number of carbonyl (C=O) groups excluding carboxylic acids is 1. The third-order valence-electron chi connectivity index (χ3n) is 5.13. The molecule has 1 aromatic rings. The molecule has 2 bridgehead atoms.